The van der Waals surface area contributed by atoms with Crippen LogP contribution in [-0.2, 0) is 0 Å². The molecule has 1 aliphatic heterocycles. The van der Waals surface area contributed by atoms with Crippen LogP contribution in [0.4, 0.5) is 10.1 Å². The summed E-state index contributed by atoms with van der Waals surface area (Å²) in [6.45, 7) is 4.32. The van der Waals surface area contributed by atoms with Crippen molar-refractivity contribution in [3.63, 3.8) is 0 Å². The van der Waals surface area contributed by atoms with Gasteiger partial charge in [-0.3, -0.25) is 4.99 Å². The Bertz CT molecular complexity index is 448. The zero-order valence-corrected chi connectivity index (χ0v) is 11.3. The standard InChI is InChI=1S/C12H14ClFN2S/c1-7(2)11-6-17-12(16-11)15-8-3-4-10(14)9(13)5-8/h3-5,7,11H,6H2,1-2H3,(H,15,16)/t11-/m1/s1. The normalized spacial score (nSPS) is 19.6. The molecule has 0 fully saturated rings. The molecular weight excluding hydrogens is 259 g/mol. The Balaban J connectivity index is 2.06. The molecule has 1 atom stereocenters. The lowest BCUT2D eigenvalue weighted by atomic mass is 10.1. The van der Waals surface area contributed by atoms with Gasteiger partial charge in [0.25, 0.3) is 0 Å². The number of halogens is 2. The Morgan fingerprint density at radius 3 is 2.88 bits per heavy atom. The van der Waals surface area contributed by atoms with Gasteiger partial charge in [-0.15, -0.1) is 0 Å². The van der Waals surface area contributed by atoms with Gasteiger partial charge in [0.2, 0.25) is 0 Å². The molecule has 17 heavy (non-hydrogen) atoms. The first kappa shape index (κ1) is 12.7. The summed E-state index contributed by atoms with van der Waals surface area (Å²) in [6.07, 6.45) is 0. The zero-order valence-electron chi connectivity index (χ0n) is 9.71. The minimum absolute atomic E-state index is 0.124. The predicted molar refractivity (Wildman–Crippen MR) is 73.6 cm³/mol. The molecule has 0 aromatic heterocycles. The van der Waals surface area contributed by atoms with Gasteiger partial charge in [-0.2, -0.15) is 0 Å². The van der Waals surface area contributed by atoms with Crippen LogP contribution in [-0.4, -0.2) is 17.0 Å². The van der Waals surface area contributed by atoms with Gasteiger partial charge >= 0.3 is 0 Å². The Morgan fingerprint density at radius 1 is 1.53 bits per heavy atom. The third kappa shape index (κ3) is 3.13. The molecule has 1 aromatic rings. The summed E-state index contributed by atoms with van der Waals surface area (Å²) in [4.78, 5) is 4.57. The van der Waals surface area contributed by atoms with E-state index >= 15 is 0 Å². The van der Waals surface area contributed by atoms with E-state index in [1.165, 1.54) is 6.07 Å². The van der Waals surface area contributed by atoms with Crippen LogP contribution in [0, 0.1) is 11.7 Å². The fourth-order valence-corrected chi connectivity index (χ4v) is 2.87. The number of amidine groups is 1. The lowest BCUT2D eigenvalue weighted by molar-refractivity contribution is 0.543. The Hall–Kier alpha value is -0.740. The van der Waals surface area contributed by atoms with E-state index < -0.39 is 5.82 Å². The van der Waals surface area contributed by atoms with Crippen LogP contribution < -0.4 is 5.32 Å². The summed E-state index contributed by atoms with van der Waals surface area (Å²) < 4.78 is 13.0. The predicted octanol–water partition coefficient (Wildman–Crippen LogP) is 4.02. The molecule has 2 rings (SSSR count). The van der Waals surface area contributed by atoms with Crippen molar-refractivity contribution in [1.82, 2.24) is 0 Å². The number of aliphatic imine (C=N–C) groups is 1. The van der Waals surface area contributed by atoms with Gasteiger partial charge in [-0.1, -0.05) is 37.2 Å². The average Bonchev–Trinajstić information content (AvgIpc) is 2.72. The number of nitrogens with zero attached hydrogens (tertiary/aromatic N) is 1. The van der Waals surface area contributed by atoms with Crippen LogP contribution in [0.2, 0.25) is 5.02 Å². The molecule has 0 unspecified atom stereocenters. The van der Waals surface area contributed by atoms with Crippen molar-refractivity contribution in [2.45, 2.75) is 19.9 Å². The molecule has 0 amide bonds. The summed E-state index contributed by atoms with van der Waals surface area (Å²) in [5.41, 5.74) is 0.770. The van der Waals surface area contributed by atoms with E-state index in [-0.39, 0.29) is 5.02 Å². The molecule has 0 radical (unpaired) electrons. The minimum Gasteiger partial charge on any atom is -0.335 e. The molecule has 1 aromatic carbocycles. The Kier molecular flexibility index (Phi) is 3.94. The molecule has 0 spiro atoms. The number of hydrogen-bond donors (Lipinski definition) is 1. The van der Waals surface area contributed by atoms with Gasteiger partial charge < -0.3 is 5.32 Å². The smallest absolute Gasteiger partial charge is 0.161 e. The maximum atomic E-state index is 13.0. The highest BCUT2D eigenvalue weighted by molar-refractivity contribution is 8.14. The SMILES string of the molecule is CC(C)[C@H]1CSC(Nc2ccc(F)c(Cl)c2)=N1. The van der Waals surface area contributed by atoms with Crippen LogP contribution in [0.5, 0.6) is 0 Å². The highest BCUT2D eigenvalue weighted by atomic mass is 35.5. The van der Waals surface area contributed by atoms with E-state index in [0.717, 1.165) is 16.6 Å². The van der Waals surface area contributed by atoms with Crippen LogP contribution in [0.15, 0.2) is 23.2 Å². The maximum Gasteiger partial charge on any atom is 0.161 e. The molecule has 0 saturated carbocycles. The second-order valence-corrected chi connectivity index (χ2v) is 5.73. The third-order valence-electron chi connectivity index (χ3n) is 2.61. The highest BCUT2D eigenvalue weighted by Crippen LogP contribution is 2.26. The van der Waals surface area contributed by atoms with E-state index in [4.69, 9.17) is 11.6 Å². The van der Waals surface area contributed by atoms with Crippen LogP contribution >= 0.6 is 23.4 Å². The van der Waals surface area contributed by atoms with E-state index in [9.17, 15) is 4.39 Å². The van der Waals surface area contributed by atoms with Crippen molar-refractivity contribution in [2.75, 3.05) is 11.1 Å². The second-order valence-electron chi connectivity index (χ2n) is 4.31. The number of benzene rings is 1. The molecule has 2 nitrogen and oxygen atoms in total. The van der Waals surface area contributed by atoms with E-state index in [1.807, 2.05) is 0 Å². The van der Waals surface area contributed by atoms with Crippen molar-refractivity contribution in [3.05, 3.63) is 29.0 Å². The first-order valence-corrected chi connectivity index (χ1v) is 6.85. The third-order valence-corrected chi connectivity index (χ3v) is 3.89. The zero-order chi connectivity index (χ0) is 12.4. The lowest BCUT2D eigenvalue weighted by Crippen LogP contribution is -2.12. The maximum absolute atomic E-state index is 13.0. The van der Waals surface area contributed by atoms with Crippen LogP contribution in [0.1, 0.15) is 13.8 Å². The quantitative estimate of drug-likeness (QED) is 0.879. The van der Waals surface area contributed by atoms with Gasteiger partial charge in [0, 0.05) is 11.4 Å². The van der Waals surface area contributed by atoms with E-state index in [1.54, 1.807) is 23.9 Å². The van der Waals surface area contributed by atoms with Crippen LogP contribution in [0.3, 0.4) is 0 Å². The summed E-state index contributed by atoms with van der Waals surface area (Å²) >= 11 is 7.40. The van der Waals surface area contributed by atoms with Crippen molar-refractivity contribution in [3.8, 4) is 0 Å². The van der Waals surface area contributed by atoms with Crippen molar-refractivity contribution in [1.29, 1.82) is 0 Å². The summed E-state index contributed by atoms with van der Waals surface area (Å²) in [5, 5.41) is 4.16. The Labute approximate surface area is 110 Å². The van der Waals surface area contributed by atoms with Gasteiger partial charge in [-0.25, -0.2) is 4.39 Å². The molecule has 0 bridgehead atoms. The molecule has 1 N–H and O–H groups in total. The molecule has 0 aliphatic carbocycles. The number of hydrogen-bond acceptors (Lipinski definition) is 3. The molecular formula is C12H14ClFN2S. The second kappa shape index (κ2) is 5.27. The van der Waals surface area contributed by atoms with E-state index in [0.29, 0.717) is 12.0 Å². The largest absolute Gasteiger partial charge is 0.335 e. The molecule has 92 valence electrons. The van der Waals surface area contributed by atoms with Crippen molar-refractivity contribution in [2.24, 2.45) is 10.9 Å². The molecule has 1 heterocycles. The van der Waals surface area contributed by atoms with Crippen molar-refractivity contribution < 1.29 is 4.39 Å². The fraction of sp³-hybridized carbons (Fsp3) is 0.417. The van der Waals surface area contributed by atoms with Gasteiger partial charge in [-0.05, 0) is 24.1 Å². The van der Waals surface area contributed by atoms with Gasteiger partial charge in [0.05, 0.1) is 11.1 Å². The minimum atomic E-state index is -0.404. The molecule has 5 heteroatoms. The number of nitrogens with one attached hydrogen (secondary N) is 1. The number of thioether (sulfide) groups is 1. The fourth-order valence-electron chi connectivity index (χ4n) is 1.50. The van der Waals surface area contributed by atoms with Gasteiger partial charge in [0.15, 0.2) is 5.17 Å². The van der Waals surface area contributed by atoms with Crippen LogP contribution in [0.25, 0.3) is 0 Å². The van der Waals surface area contributed by atoms with E-state index in [2.05, 4.69) is 24.2 Å². The monoisotopic (exact) mass is 272 g/mol. The number of anilines is 1. The topological polar surface area (TPSA) is 24.4 Å². The Morgan fingerprint density at radius 2 is 2.29 bits per heavy atom. The van der Waals surface area contributed by atoms with Crippen molar-refractivity contribution >= 4 is 34.2 Å². The number of rotatable bonds is 2. The first-order valence-electron chi connectivity index (χ1n) is 5.49. The molecule has 0 saturated heterocycles. The average molecular weight is 273 g/mol. The van der Waals surface area contributed by atoms with Gasteiger partial charge in [0.1, 0.15) is 5.82 Å². The summed E-state index contributed by atoms with van der Waals surface area (Å²) in [6, 6.07) is 4.94. The summed E-state index contributed by atoms with van der Waals surface area (Å²) in [5.74, 6) is 1.13. The molecule has 1 aliphatic rings. The highest BCUT2D eigenvalue weighted by Gasteiger charge is 2.21. The summed E-state index contributed by atoms with van der Waals surface area (Å²) in [7, 11) is 0. The first-order chi connectivity index (χ1) is 8.06. The lowest BCUT2D eigenvalue weighted by Gasteiger charge is -2.08.